The first-order valence-corrected chi connectivity index (χ1v) is 12.5. The third kappa shape index (κ3) is 5.25. The van der Waals surface area contributed by atoms with Crippen molar-refractivity contribution in [1.29, 1.82) is 0 Å². The van der Waals surface area contributed by atoms with Gasteiger partial charge in [0.05, 0.1) is 12.1 Å². The number of rotatable bonds is 7. The van der Waals surface area contributed by atoms with Crippen molar-refractivity contribution in [3.05, 3.63) is 63.6 Å². The van der Waals surface area contributed by atoms with Crippen molar-refractivity contribution >= 4 is 40.7 Å². The van der Waals surface area contributed by atoms with E-state index in [-0.39, 0.29) is 23.8 Å². The molecule has 2 aliphatic rings. The number of hydrogen-bond acceptors (Lipinski definition) is 4. The Kier molecular flexibility index (Phi) is 7.53. The van der Waals surface area contributed by atoms with Gasteiger partial charge in [-0.1, -0.05) is 55.2 Å². The van der Waals surface area contributed by atoms with Gasteiger partial charge in [0.15, 0.2) is 0 Å². The normalized spacial score (nSPS) is 21.5. The van der Waals surface area contributed by atoms with Gasteiger partial charge < -0.3 is 15.3 Å². The van der Waals surface area contributed by atoms with Crippen LogP contribution in [0.4, 0.5) is 5.69 Å². The number of nitrogens with one attached hydrogen (secondary N) is 2. The number of anilines is 1. The molecule has 0 aliphatic carbocycles. The number of aliphatic hydroxyl groups excluding tert-OH is 1. The lowest BCUT2D eigenvalue weighted by Crippen LogP contribution is -2.59. The summed E-state index contributed by atoms with van der Waals surface area (Å²) in [6.07, 6.45) is 1.66. The van der Waals surface area contributed by atoms with Gasteiger partial charge in [0.1, 0.15) is 5.54 Å². The first kappa shape index (κ1) is 25.0. The standard InChI is InChI=1S/C26H31Cl2N3O3/c1-16(2)12-23(24(33)31-10-8-20(32)9-11-31)30-26(15-17-4-3-5-18(27)13-17)21-7-6-19(28)14-22(21)29-25(26)34/h3-7,13-14,16,20,23,30,32H,8-12,15H2,1-2H3,(H,29,34). The lowest BCUT2D eigenvalue weighted by atomic mass is 9.83. The number of hydrogen-bond donors (Lipinski definition) is 3. The Morgan fingerprint density at radius 3 is 2.56 bits per heavy atom. The Balaban J connectivity index is 1.73. The van der Waals surface area contributed by atoms with Gasteiger partial charge in [-0.25, -0.2) is 0 Å². The third-order valence-corrected chi connectivity index (χ3v) is 7.11. The maximum Gasteiger partial charge on any atom is 0.249 e. The van der Waals surface area contributed by atoms with E-state index in [0.29, 0.717) is 54.5 Å². The molecule has 3 N–H and O–H groups in total. The minimum absolute atomic E-state index is 0.0405. The van der Waals surface area contributed by atoms with Crippen molar-refractivity contribution in [3.63, 3.8) is 0 Å². The van der Waals surface area contributed by atoms with Crippen molar-refractivity contribution < 1.29 is 14.7 Å². The van der Waals surface area contributed by atoms with Gasteiger partial charge in [0.25, 0.3) is 0 Å². The lowest BCUT2D eigenvalue weighted by Gasteiger charge is -2.38. The second-order valence-electron chi connectivity index (χ2n) is 9.74. The first-order valence-electron chi connectivity index (χ1n) is 11.8. The van der Waals surface area contributed by atoms with Crippen molar-refractivity contribution in [2.45, 2.75) is 57.2 Å². The van der Waals surface area contributed by atoms with Gasteiger partial charge in [-0.3, -0.25) is 14.9 Å². The molecule has 0 bridgehead atoms. The van der Waals surface area contributed by atoms with Crippen LogP contribution in [0.25, 0.3) is 0 Å². The maximum absolute atomic E-state index is 13.7. The van der Waals surface area contributed by atoms with Gasteiger partial charge in [-0.15, -0.1) is 0 Å². The number of carbonyl (C=O) groups is 2. The Hall–Kier alpha value is -2.12. The number of nitrogens with zero attached hydrogens (tertiary/aromatic N) is 1. The van der Waals surface area contributed by atoms with Gasteiger partial charge in [0.2, 0.25) is 11.8 Å². The first-order chi connectivity index (χ1) is 16.2. The molecule has 6 nitrogen and oxygen atoms in total. The number of likely N-dealkylation sites (tertiary alicyclic amines) is 1. The van der Waals surface area contributed by atoms with Crippen LogP contribution in [0.2, 0.25) is 10.0 Å². The van der Waals surface area contributed by atoms with Crippen LogP contribution in [-0.2, 0) is 21.5 Å². The number of aliphatic hydroxyl groups is 1. The number of piperidine rings is 1. The molecule has 2 heterocycles. The zero-order valence-electron chi connectivity index (χ0n) is 19.5. The topological polar surface area (TPSA) is 81.7 Å². The molecule has 2 aromatic rings. The van der Waals surface area contributed by atoms with Crippen LogP contribution in [0.15, 0.2) is 42.5 Å². The Morgan fingerprint density at radius 2 is 1.88 bits per heavy atom. The molecule has 0 saturated carbocycles. The quantitative estimate of drug-likeness (QED) is 0.523. The fraction of sp³-hybridized carbons (Fsp3) is 0.462. The second-order valence-corrected chi connectivity index (χ2v) is 10.6. The zero-order valence-corrected chi connectivity index (χ0v) is 21.0. The maximum atomic E-state index is 13.7. The molecule has 8 heteroatoms. The second kappa shape index (κ2) is 10.2. The lowest BCUT2D eigenvalue weighted by molar-refractivity contribution is -0.137. The van der Waals surface area contributed by atoms with E-state index in [0.717, 1.165) is 11.1 Å². The number of amides is 2. The third-order valence-electron chi connectivity index (χ3n) is 6.64. The highest BCUT2D eigenvalue weighted by Gasteiger charge is 2.49. The largest absolute Gasteiger partial charge is 0.393 e. The number of fused-ring (bicyclic) bond motifs is 1. The Morgan fingerprint density at radius 1 is 1.18 bits per heavy atom. The van der Waals surface area contributed by atoms with Gasteiger partial charge >= 0.3 is 0 Å². The van der Waals surface area contributed by atoms with E-state index in [1.54, 1.807) is 23.1 Å². The summed E-state index contributed by atoms with van der Waals surface area (Å²) in [7, 11) is 0. The highest BCUT2D eigenvalue weighted by molar-refractivity contribution is 6.31. The molecule has 34 heavy (non-hydrogen) atoms. The Labute approximate surface area is 210 Å². The van der Waals surface area contributed by atoms with Gasteiger partial charge in [-0.05, 0) is 55.0 Å². The number of benzene rings is 2. The molecule has 1 fully saturated rings. The summed E-state index contributed by atoms with van der Waals surface area (Å²) in [5.41, 5.74) is 1.13. The molecule has 2 atom stereocenters. The van der Waals surface area contributed by atoms with Crippen LogP contribution < -0.4 is 10.6 Å². The Bertz CT molecular complexity index is 1070. The summed E-state index contributed by atoms with van der Waals surface area (Å²) < 4.78 is 0. The molecule has 0 spiro atoms. The van der Waals surface area contributed by atoms with E-state index in [1.165, 1.54) is 0 Å². The van der Waals surface area contributed by atoms with Crippen molar-refractivity contribution in [2.75, 3.05) is 18.4 Å². The minimum atomic E-state index is -1.16. The monoisotopic (exact) mass is 503 g/mol. The van der Waals surface area contributed by atoms with E-state index in [9.17, 15) is 14.7 Å². The fourth-order valence-corrected chi connectivity index (χ4v) is 5.35. The van der Waals surface area contributed by atoms with Crippen LogP contribution >= 0.6 is 23.2 Å². The molecule has 0 radical (unpaired) electrons. The molecule has 2 unspecified atom stereocenters. The van der Waals surface area contributed by atoms with Gasteiger partial charge in [0, 0.05) is 40.8 Å². The summed E-state index contributed by atoms with van der Waals surface area (Å²) in [5, 5.41) is 17.5. The molecule has 0 aromatic heterocycles. The van der Waals surface area contributed by atoms with E-state index < -0.39 is 11.6 Å². The van der Waals surface area contributed by atoms with E-state index in [2.05, 4.69) is 24.5 Å². The average molecular weight is 504 g/mol. The summed E-state index contributed by atoms with van der Waals surface area (Å²) >= 11 is 12.5. The van der Waals surface area contributed by atoms with Crippen LogP contribution in [0, 0.1) is 5.92 Å². The average Bonchev–Trinajstić information content (AvgIpc) is 3.03. The van der Waals surface area contributed by atoms with Crippen LogP contribution in [0.1, 0.15) is 44.2 Å². The highest BCUT2D eigenvalue weighted by atomic mass is 35.5. The van der Waals surface area contributed by atoms with E-state index in [4.69, 9.17) is 23.2 Å². The molecule has 182 valence electrons. The van der Waals surface area contributed by atoms with Crippen molar-refractivity contribution in [1.82, 2.24) is 10.2 Å². The van der Waals surface area contributed by atoms with E-state index >= 15 is 0 Å². The van der Waals surface area contributed by atoms with Crippen molar-refractivity contribution in [3.8, 4) is 0 Å². The molecule has 2 aliphatic heterocycles. The highest BCUT2D eigenvalue weighted by Crippen LogP contribution is 2.41. The summed E-state index contributed by atoms with van der Waals surface area (Å²) in [4.78, 5) is 29.1. The molecule has 4 rings (SSSR count). The smallest absolute Gasteiger partial charge is 0.249 e. The molecule has 2 amide bonds. The molecular weight excluding hydrogens is 473 g/mol. The van der Waals surface area contributed by atoms with Crippen LogP contribution in [-0.4, -0.2) is 47.1 Å². The SMILES string of the molecule is CC(C)CC(NC1(Cc2cccc(Cl)c2)C(=O)Nc2cc(Cl)ccc21)C(=O)N1CCC(O)CC1. The number of carbonyl (C=O) groups excluding carboxylic acids is 2. The van der Waals surface area contributed by atoms with Gasteiger partial charge in [-0.2, -0.15) is 0 Å². The molecular formula is C26H31Cl2N3O3. The zero-order chi connectivity index (χ0) is 24.5. The summed E-state index contributed by atoms with van der Waals surface area (Å²) in [6, 6.07) is 12.2. The van der Waals surface area contributed by atoms with Crippen molar-refractivity contribution in [2.24, 2.45) is 5.92 Å². The van der Waals surface area contributed by atoms with Crippen LogP contribution in [0.3, 0.4) is 0 Å². The minimum Gasteiger partial charge on any atom is -0.393 e. The van der Waals surface area contributed by atoms with Crippen LogP contribution in [0.5, 0.6) is 0 Å². The predicted molar refractivity (Wildman–Crippen MR) is 135 cm³/mol. The number of halogens is 2. The fourth-order valence-electron chi connectivity index (χ4n) is 4.96. The molecule has 2 aromatic carbocycles. The summed E-state index contributed by atoms with van der Waals surface area (Å²) in [6.45, 7) is 5.15. The summed E-state index contributed by atoms with van der Waals surface area (Å²) in [5.74, 6) is -0.0316. The predicted octanol–water partition coefficient (Wildman–Crippen LogP) is 4.37. The molecule has 1 saturated heterocycles. The van der Waals surface area contributed by atoms with E-state index in [1.807, 2.05) is 24.3 Å².